The summed E-state index contributed by atoms with van der Waals surface area (Å²) in [7, 11) is 0. The molecule has 1 aromatic rings. The fraction of sp³-hybridized carbons (Fsp3) is 0.444. The zero-order valence-electron chi connectivity index (χ0n) is 7.59. The van der Waals surface area contributed by atoms with Gasteiger partial charge in [0.15, 0.2) is 0 Å². The number of hydrogen-bond donors (Lipinski definition) is 1. The molecule has 0 unspecified atom stereocenters. The van der Waals surface area contributed by atoms with Crippen LogP contribution < -0.4 is 0 Å². The van der Waals surface area contributed by atoms with Crippen LogP contribution in [0.5, 0.6) is 0 Å². The third kappa shape index (κ3) is 2.16. The van der Waals surface area contributed by atoms with Crippen LogP contribution in [0, 0.1) is 13.8 Å². The van der Waals surface area contributed by atoms with Crippen molar-refractivity contribution in [2.45, 2.75) is 20.8 Å². The molecule has 0 spiro atoms. The molecule has 0 saturated carbocycles. The molecule has 0 aliphatic rings. The van der Waals surface area contributed by atoms with Gasteiger partial charge in [0.25, 0.3) is 0 Å². The lowest BCUT2D eigenvalue weighted by Gasteiger charge is -1.92. The van der Waals surface area contributed by atoms with Crippen molar-refractivity contribution in [3.05, 3.63) is 21.2 Å². The van der Waals surface area contributed by atoms with E-state index in [4.69, 9.17) is 5.11 Å². The number of aromatic nitrogens is 1. The second-order valence-corrected chi connectivity index (χ2v) is 4.07. The number of hydrogen-bond acceptors (Lipinski definition) is 3. The molecule has 0 atom stereocenters. The lowest BCUT2D eigenvalue weighted by atomic mass is 10.2. The molecular formula is C9H13NOS. The number of aliphatic hydroxyl groups is 1. The standard InChI is InChI=1S/C9H13NOS/c1-6(5-11)4-9-7(2)10-8(3)12-9/h4,11H,5H2,1-3H3/b6-4+. The lowest BCUT2D eigenvalue weighted by molar-refractivity contribution is 0.332. The van der Waals surface area contributed by atoms with Gasteiger partial charge in [-0.2, -0.15) is 0 Å². The summed E-state index contributed by atoms with van der Waals surface area (Å²) < 4.78 is 0. The molecule has 3 heteroatoms. The summed E-state index contributed by atoms with van der Waals surface area (Å²) in [4.78, 5) is 5.44. The quantitative estimate of drug-likeness (QED) is 0.762. The second-order valence-electron chi connectivity index (χ2n) is 2.83. The van der Waals surface area contributed by atoms with Crippen molar-refractivity contribution in [3.63, 3.8) is 0 Å². The summed E-state index contributed by atoms with van der Waals surface area (Å²) in [5, 5.41) is 9.88. The van der Waals surface area contributed by atoms with Crippen molar-refractivity contribution in [1.82, 2.24) is 4.98 Å². The summed E-state index contributed by atoms with van der Waals surface area (Å²) in [5.74, 6) is 0. The number of aliphatic hydroxyl groups excluding tert-OH is 1. The van der Waals surface area contributed by atoms with Gasteiger partial charge in [0.1, 0.15) is 0 Å². The maximum Gasteiger partial charge on any atom is 0.0903 e. The molecule has 2 nitrogen and oxygen atoms in total. The van der Waals surface area contributed by atoms with Crippen LogP contribution in [0.2, 0.25) is 0 Å². The fourth-order valence-electron chi connectivity index (χ4n) is 0.950. The molecule has 0 aliphatic heterocycles. The minimum atomic E-state index is 0.121. The number of nitrogens with zero attached hydrogens (tertiary/aromatic N) is 1. The van der Waals surface area contributed by atoms with Crippen LogP contribution in [0.4, 0.5) is 0 Å². The van der Waals surface area contributed by atoms with Gasteiger partial charge in [-0.25, -0.2) is 4.98 Å². The summed E-state index contributed by atoms with van der Waals surface area (Å²) in [6, 6.07) is 0. The van der Waals surface area contributed by atoms with Crippen molar-refractivity contribution in [2.75, 3.05) is 6.61 Å². The van der Waals surface area contributed by atoms with Crippen LogP contribution in [0.3, 0.4) is 0 Å². The molecule has 0 radical (unpaired) electrons. The van der Waals surface area contributed by atoms with E-state index in [1.54, 1.807) is 11.3 Å². The van der Waals surface area contributed by atoms with Crippen molar-refractivity contribution in [1.29, 1.82) is 0 Å². The molecule has 0 aromatic carbocycles. The predicted octanol–water partition coefficient (Wildman–Crippen LogP) is 2.16. The summed E-state index contributed by atoms with van der Waals surface area (Å²) in [6.45, 7) is 6.01. The Morgan fingerprint density at radius 2 is 2.25 bits per heavy atom. The van der Waals surface area contributed by atoms with E-state index in [0.717, 1.165) is 21.2 Å². The first-order valence-corrected chi connectivity index (χ1v) is 4.67. The van der Waals surface area contributed by atoms with Gasteiger partial charge in [-0.3, -0.25) is 0 Å². The Labute approximate surface area is 76.6 Å². The van der Waals surface area contributed by atoms with Gasteiger partial charge >= 0.3 is 0 Å². The van der Waals surface area contributed by atoms with Crippen molar-refractivity contribution in [2.24, 2.45) is 0 Å². The van der Waals surface area contributed by atoms with E-state index < -0.39 is 0 Å². The average Bonchev–Trinajstić information content (AvgIpc) is 2.30. The Balaban J connectivity index is 2.95. The first-order valence-electron chi connectivity index (χ1n) is 3.85. The highest BCUT2D eigenvalue weighted by molar-refractivity contribution is 7.12. The van der Waals surface area contributed by atoms with Gasteiger partial charge in [-0.15, -0.1) is 11.3 Å². The van der Waals surface area contributed by atoms with E-state index in [1.165, 1.54) is 0 Å². The third-order valence-corrected chi connectivity index (χ3v) is 2.59. The van der Waals surface area contributed by atoms with E-state index in [9.17, 15) is 0 Å². The average molecular weight is 183 g/mol. The molecule has 0 aliphatic carbocycles. The van der Waals surface area contributed by atoms with Crippen molar-refractivity contribution >= 4 is 17.4 Å². The minimum absolute atomic E-state index is 0.121. The van der Waals surface area contributed by atoms with E-state index >= 15 is 0 Å². The van der Waals surface area contributed by atoms with Crippen LogP contribution in [-0.4, -0.2) is 16.7 Å². The van der Waals surface area contributed by atoms with Crippen LogP contribution in [0.25, 0.3) is 6.08 Å². The van der Waals surface area contributed by atoms with E-state index in [-0.39, 0.29) is 6.61 Å². The molecule has 1 heterocycles. The van der Waals surface area contributed by atoms with Crippen molar-refractivity contribution < 1.29 is 5.11 Å². The predicted molar refractivity (Wildman–Crippen MR) is 52.3 cm³/mol. The van der Waals surface area contributed by atoms with Gasteiger partial charge in [0.2, 0.25) is 0 Å². The normalized spacial score (nSPS) is 12.2. The maximum absolute atomic E-state index is 8.81. The molecule has 0 fully saturated rings. The number of aryl methyl sites for hydroxylation is 2. The molecule has 1 N–H and O–H groups in total. The number of rotatable bonds is 2. The molecular weight excluding hydrogens is 170 g/mol. The zero-order valence-corrected chi connectivity index (χ0v) is 8.40. The Hall–Kier alpha value is -0.670. The van der Waals surface area contributed by atoms with Gasteiger partial charge in [0.05, 0.1) is 22.2 Å². The first-order chi connectivity index (χ1) is 5.63. The van der Waals surface area contributed by atoms with E-state index in [1.807, 2.05) is 26.8 Å². The van der Waals surface area contributed by atoms with Crippen LogP contribution >= 0.6 is 11.3 Å². The molecule has 1 aromatic heterocycles. The van der Waals surface area contributed by atoms with Gasteiger partial charge < -0.3 is 5.11 Å². The Morgan fingerprint density at radius 1 is 1.58 bits per heavy atom. The molecule has 66 valence electrons. The molecule has 12 heavy (non-hydrogen) atoms. The van der Waals surface area contributed by atoms with Gasteiger partial charge in [-0.05, 0) is 32.4 Å². The van der Waals surface area contributed by atoms with Crippen LogP contribution in [-0.2, 0) is 0 Å². The molecule has 0 bridgehead atoms. The van der Waals surface area contributed by atoms with Crippen LogP contribution in [0.15, 0.2) is 5.57 Å². The Bertz CT molecular complexity index is 301. The second kappa shape index (κ2) is 3.83. The Kier molecular flexibility index (Phi) is 3.00. The molecule has 0 amide bonds. The molecule has 1 rings (SSSR count). The van der Waals surface area contributed by atoms with E-state index in [2.05, 4.69) is 4.98 Å². The largest absolute Gasteiger partial charge is 0.392 e. The van der Waals surface area contributed by atoms with Gasteiger partial charge in [-0.1, -0.05) is 0 Å². The van der Waals surface area contributed by atoms with E-state index in [0.29, 0.717) is 0 Å². The zero-order chi connectivity index (χ0) is 9.14. The third-order valence-electron chi connectivity index (χ3n) is 1.57. The highest BCUT2D eigenvalue weighted by atomic mass is 32.1. The topological polar surface area (TPSA) is 33.1 Å². The van der Waals surface area contributed by atoms with Gasteiger partial charge in [0, 0.05) is 0 Å². The van der Waals surface area contributed by atoms with Crippen molar-refractivity contribution in [3.8, 4) is 0 Å². The molecule has 0 saturated heterocycles. The monoisotopic (exact) mass is 183 g/mol. The summed E-state index contributed by atoms with van der Waals surface area (Å²) in [5.41, 5.74) is 2.02. The lowest BCUT2D eigenvalue weighted by Crippen LogP contribution is -1.83. The minimum Gasteiger partial charge on any atom is -0.392 e. The Morgan fingerprint density at radius 3 is 2.67 bits per heavy atom. The maximum atomic E-state index is 8.81. The smallest absolute Gasteiger partial charge is 0.0903 e. The fourth-order valence-corrected chi connectivity index (χ4v) is 1.90. The summed E-state index contributed by atoms with van der Waals surface area (Å²) in [6.07, 6.45) is 1.99. The number of thiazole rings is 1. The highest BCUT2D eigenvalue weighted by Crippen LogP contribution is 2.19. The van der Waals surface area contributed by atoms with Crippen LogP contribution in [0.1, 0.15) is 22.5 Å². The first kappa shape index (κ1) is 9.42. The SMILES string of the molecule is C/C(=C\c1sc(C)nc1C)CO. The highest BCUT2D eigenvalue weighted by Gasteiger charge is 2.01. The summed E-state index contributed by atoms with van der Waals surface area (Å²) >= 11 is 1.66.